The van der Waals surface area contributed by atoms with Crippen LogP contribution in [0, 0.1) is 0 Å². The topological polar surface area (TPSA) is 57.0 Å². The van der Waals surface area contributed by atoms with Gasteiger partial charge in [0.1, 0.15) is 21.0 Å². The predicted molar refractivity (Wildman–Crippen MR) is 96.5 cm³/mol. The molecule has 1 aliphatic carbocycles. The van der Waals surface area contributed by atoms with Crippen molar-refractivity contribution in [3.63, 3.8) is 0 Å². The van der Waals surface area contributed by atoms with Crippen LogP contribution >= 0.6 is 23.2 Å². The number of carbonyl (C=O) groups excluding carboxylic acids is 1. The number of halogens is 2. The fourth-order valence-electron chi connectivity index (χ4n) is 3.16. The summed E-state index contributed by atoms with van der Waals surface area (Å²) in [6.45, 7) is 2.49. The molecule has 2 aromatic carbocycles. The highest BCUT2D eigenvalue weighted by atomic mass is 35.5. The first-order chi connectivity index (χ1) is 12.0. The first-order valence-electron chi connectivity index (χ1n) is 7.96. The normalized spacial score (nSPS) is 21.2. The van der Waals surface area contributed by atoms with Gasteiger partial charge in [0, 0.05) is 6.42 Å². The van der Waals surface area contributed by atoms with Gasteiger partial charge in [-0.2, -0.15) is 4.68 Å². The largest absolute Gasteiger partial charge is 0.494 e. The summed E-state index contributed by atoms with van der Waals surface area (Å²) in [6.07, 6.45) is 0.324. The molecule has 0 spiro atoms. The number of hydrogen-bond acceptors (Lipinski definition) is 4. The van der Waals surface area contributed by atoms with Gasteiger partial charge in [-0.1, -0.05) is 29.5 Å². The van der Waals surface area contributed by atoms with Crippen molar-refractivity contribution in [1.29, 1.82) is 0 Å². The van der Waals surface area contributed by atoms with Crippen molar-refractivity contribution in [2.24, 2.45) is 0 Å². The van der Waals surface area contributed by atoms with Crippen molar-refractivity contribution in [3.8, 4) is 5.75 Å². The number of benzene rings is 2. The van der Waals surface area contributed by atoms with Gasteiger partial charge < -0.3 is 4.74 Å². The van der Waals surface area contributed by atoms with Crippen molar-refractivity contribution < 1.29 is 9.53 Å². The molecule has 25 heavy (non-hydrogen) atoms. The number of para-hydroxylation sites is 1. The third kappa shape index (κ3) is 2.41. The van der Waals surface area contributed by atoms with E-state index in [2.05, 4.69) is 10.3 Å². The molecule has 5 nitrogen and oxygen atoms in total. The first-order valence-corrected chi connectivity index (χ1v) is 8.71. The van der Waals surface area contributed by atoms with E-state index in [0.29, 0.717) is 24.1 Å². The quantitative estimate of drug-likeness (QED) is 0.647. The zero-order chi connectivity index (χ0) is 17.7. The molecule has 0 radical (unpaired) electrons. The van der Waals surface area contributed by atoms with Crippen LogP contribution < -0.4 is 4.74 Å². The highest BCUT2D eigenvalue weighted by molar-refractivity contribution is 6.54. The SMILES string of the molecule is CCOc1ccc(C2(C(=O)n3nnc4ccccc43)CC2(Cl)Cl)cc1. The summed E-state index contributed by atoms with van der Waals surface area (Å²) in [5.74, 6) is 0.450. The van der Waals surface area contributed by atoms with Gasteiger partial charge in [-0.25, -0.2) is 0 Å². The molecule has 1 heterocycles. The summed E-state index contributed by atoms with van der Waals surface area (Å²) >= 11 is 12.8. The Balaban J connectivity index is 1.78. The van der Waals surface area contributed by atoms with E-state index in [4.69, 9.17) is 27.9 Å². The molecule has 3 aromatic rings. The van der Waals surface area contributed by atoms with Crippen LogP contribution in [0.5, 0.6) is 5.75 Å². The maximum absolute atomic E-state index is 13.3. The number of alkyl halides is 2. The van der Waals surface area contributed by atoms with Crippen LogP contribution in [-0.4, -0.2) is 31.8 Å². The number of hydrogen-bond donors (Lipinski definition) is 0. The first kappa shape index (κ1) is 16.4. The van der Waals surface area contributed by atoms with E-state index in [-0.39, 0.29) is 5.91 Å². The number of ether oxygens (including phenoxy) is 1. The molecule has 0 N–H and O–H groups in total. The van der Waals surface area contributed by atoms with Crippen LogP contribution in [-0.2, 0) is 5.41 Å². The summed E-state index contributed by atoms with van der Waals surface area (Å²) in [4.78, 5) is 13.3. The molecule has 7 heteroatoms. The molecule has 1 saturated carbocycles. The Labute approximate surface area is 154 Å². The number of rotatable bonds is 4. The third-order valence-electron chi connectivity index (χ3n) is 4.55. The average Bonchev–Trinajstić information content (AvgIpc) is 2.99. The Bertz CT molecular complexity index is 952. The molecular weight excluding hydrogens is 361 g/mol. The summed E-state index contributed by atoms with van der Waals surface area (Å²) < 4.78 is 5.57. The Kier molecular flexibility index (Phi) is 3.74. The van der Waals surface area contributed by atoms with Gasteiger partial charge in [-0.05, 0) is 36.8 Å². The highest BCUT2D eigenvalue weighted by Crippen LogP contribution is 2.65. The lowest BCUT2D eigenvalue weighted by molar-refractivity contribution is 0.0848. The molecule has 1 atom stereocenters. The molecule has 1 unspecified atom stereocenters. The van der Waals surface area contributed by atoms with E-state index in [1.54, 1.807) is 12.1 Å². The van der Waals surface area contributed by atoms with Gasteiger partial charge in [0.2, 0.25) is 0 Å². The van der Waals surface area contributed by atoms with Crippen molar-refractivity contribution >= 4 is 40.1 Å². The molecule has 0 saturated heterocycles. The van der Waals surface area contributed by atoms with E-state index < -0.39 is 9.75 Å². The van der Waals surface area contributed by atoms with E-state index in [0.717, 1.165) is 11.3 Å². The van der Waals surface area contributed by atoms with Crippen molar-refractivity contribution in [2.75, 3.05) is 6.61 Å². The van der Waals surface area contributed by atoms with Gasteiger partial charge >= 0.3 is 0 Å². The smallest absolute Gasteiger partial charge is 0.262 e. The molecule has 128 valence electrons. The van der Waals surface area contributed by atoms with Gasteiger partial charge in [-0.3, -0.25) is 4.79 Å². The number of carbonyl (C=O) groups is 1. The van der Waals surface area contributed by atoms with E-state index in [9.17, 15) is 4.79 Å². The molecular formula is C18H15Cl2N3O2. The maximum Gasteiger partial charge on any atom is 0.262 e. The molecule has 4 rings (SSSR count). The van der Waals surface area contributed by atoms with E-state index in [1.165, 1.54) is 4.68 Å². The van der Waals surface area contributed by atoms with Crippen LogP contribution in [0.25, 0.3) is 11.0 Å². The molecule has 0 bridgehead atoms. The zero-order valence-corrected chi connectivity index (χ0v) is 15.0. The lowest BCUT2D eigenvalue weighted by Gasteiger charge is -2.18. The molecule has 1 aliphatic rings. The summed E-state index contributed by atoms with van der Waals surface area (Å²) in [6, 6.07) is 14.6. The Hall–Kier alpha value is -2.11. The van der Waals surface area contributed by atoms with Gasteiger partial charge in [0.05, 0.1) is 12.1 Å². The Morgan fingerprint density at radius 1 is 1.20 bits per heavy atom. The lowest BCUT2D eigenvalue weighted by Crippen LogP contribution is -2.32. The fraction of sp³-hybridized carbons (Fsp3) is 0.278. The molecule has 1 aromatic heterocycles. The van der Waals surface area contributed by atoms with Crippen LogP contribution in [0.15, 0.2) is 48.5 Å². The number of nitrogens with zero attached hydrogens (tertiary/aromatic N) is 3. The second-order valence-corrected chi connectivity index (χ2v) is 7.52. The van der Waals surface area contributed by atoms with Gasteiger partial charge in [0.15, 0.2) is 0 Å². The number of aromatic nitrogens is 3. The second kappa shape index (κ2) is 5.71. The third-order valence-corrected chi connectivity index (χ3v) is 5.47. The predicted octanol–water partition coefficient (Wildman–Crippen LogP) is 3.99. The van der Waals surface area contributed by atoms with E-state index in [1.807, 2.05) is 43.3 Å². The average molecular weight is 376 g/mol. The number of fused-ring (bicyclic) bond motifs is 1. The maximum atomic E-state index is 13.3. The van der Waals surface area contributed by atoms with Gasteiger partial charge in [-0.15, -0.1) is 28.3 Å². The Morgan fingerprint density at radius 3 is 2.52 bits per heavy atom. The highest BCUT2D eigenvalue weighted by Gasteiger charge is 2.72. The minimum absolute atomic E-state index is 0.282. The van der Waals surface area contributed by atoms with Crippen LogP contribution in [0.1, 0.15) is 23.7 Å². The standard InChI is InChI=1S/C18H15Cl2N3O2/c1-2-25-13-9-7-12(8-10-13)17(11-18(17,19)20)16(24)23-15-6-4-3-5-14(15)21-22-23/h3-10H,2,11H2,1H3. The summed E-state index contributed by atoms with van der Waals surface area (Å²) in [7, 11) is 0. The van der Waals surface area contributed by atoms with Crippen LogP contribution in [0.3, 0.4) is 0 Å². The van der Waals surface area contributed by atoms with E-state index >= 15 is 0 Å². The van der Waals surface area contributed by atoms with Crippen molar-refractivity contribution in [1.82, 2.24) is 15.0 Å². The monoisotopic (exact) mass is 375 g/mol. The Morgan fingerprint density at radius 2 is 1.88 bits per heavy atom. The van der Waals surface area contributed by atoms with Gasteiger partial charge in [0.25, 0.3) is 5.91 Å². The fourth-order valence-corrected chi connectivity index (χ4v) is 3.94. The molecule has 0 aliphatic heterocycles. The molecule has 0 amide bonds. The minimum atomic E-state index is -1.18. The second-order valence-electron chi connectivity index (χ2n) is 6.04. The molecule has 1 fully saturated rings. The summed E-state index contributed by atoms with van der Waals surface area (Å²) in [5, 5.41) is 8.06. The zero-order valence-electron chi connectivity index (χ0n) is 13.4. The van der Waals surface area contributed by atoms with Crippen molar-refractivity contribution in [2.45, 2.75) is 23.1 Å². The summed E-state index contributed by atoms with van der Waals surface area (Å²) in [5.41, 5.74) is 0.976. The van der Waals surface area contributed by atoms with Crippen LogP contribution in [0.2, 0.25) is 0 Å². The van der Waals surface area contributed by atoms with Crippen molar-refractivity contribution in [3.05, 3.63) is 54.1 Å². The minimum Gasteiger partial charge on any atom is -0.494 e. The van der Waals surface area contributed by atoms with Crippen LogP contribution in [0.4, 0.5) is 0 Å². The lowest BCUT2D eigenvalue weighted by atomic mass is 9.94.